The molecule has 0 bridgehead atoms. The molecule has 12 nitrogen and oxygen atoms in total. The lowest BCUT2D eigenvalue weighted by Gasteiger charge is -2.39. The van der Waals surface area contributed by atoms with Crippen LogP contribution in [0.1, 0.15) is 61.9 Å². The summed E-state index contributed by atoms with van der Waals surface area (Å²) >= 11 is 6.25. The summed E-state index contributed by atoms with van der Waals surface area (Å²) in [5, 5.41) is 2.27. The van der Waals surface area contributed by atoms with E-state index in [2.05, 4.69) is 60.0 Å². The van der Waals surface area contributed by atoms with Gasteiger partial charge in [-0.15, -0.1) is 0 Å². The summed E-state index contributed by atoms with van der Waals surface area (Å²) in [5.41, 5.74) is 6.79. The number of H-pyrrole nitrogens is 1. The van der Waals surface area contributed by atoms with E-state index in [9.17, 15) is 13.2 Å². The van der Waals surface area contributed by atoms with Gasteiger partial charge in [-0.3, -0.25) is 9.69 Å². The van der Waals surface area contributed by atoms with E-state index in [0.29, 0.717) is 28.3 Å². The van der Waals surface area contributed by atoms with E-state index in [1.807, 2.05) is 48.7 Å². The number of aromatic amines is 1. The summed E-state index contributed by atoms with van der Waals surface area (Å²) in [6.45, 7) is 11.2. The number of anilines is 1. The molecule has 60 heavy (non-hydrogen) atoms. The maximum Gasteiger partial charge on any atom is 0.268 e. The standard InChI is InChI=1S/C46H50ClN7O5S/c1-46(2)14-9-35(41(26-46)32-3-5-36(47)6-4-32)30-52-17-19-53(20-18-52)37-7-8-40(42(25-37)59-38-23-33-10-15-48-43(33)49-27-38)45(55)51-60(56,57)39-24-34-11-16-54(44(34)50-28-39)29-31-12-21-58-22-13-31/h3-8,10-11,15-16,23-25,27-28,31H,9,12-14,17-22,26,29-30H2,1-2H3,(H,48,49)(H,51,55). The number of piperazine rings is 1. The van der Waals surface area contributed by atoms with Crippen LogP contribution >= 0.6 is 11.6 Å². The highest BCUT2D eigenvalue weighted by atomic mass is 35.5. The highest BCUT2D eigenvalue weighted by molar-refractivity contribution is 7.90. The number of halogens is 1. The molecule has 2 aromatic carbocycles. The molecule has 0 radical (unpaired) electrons. The maximum atomic E-state index is 14.0. The Bertz CT molecular complexity index is 2680. The molecule has 6 heterocycles. The minimum Gasteiger partial charge on any atom is -0.455 e. The molecule has 14 heteroatoms. The van der Waals surface area contributed by atoms with Gasteiger partial charge in [0.2, 0.25) is 0 Å². The summed E-state index contributed by atoms with van der Waals surface area (Å²) in [7, 11) is -4.29. The third-order valence-corrected chi connectivity index (χ3v) is 13.8. The maximum absolute atomic E-state index is 14.0. The number of amides is 1. The average molecular weight is 848 g/mol. The molecular weight excluding hydrogens is 798 g/mol. The number of ether oxygens (including phenoxy) is 2. The first-order valence-corrected chi connectivity index (χ1v) is 22.6. The number of rotatable bonds is 11. The Morgan fingerprint density at radius 3 is 2.57 bits per heavy atom. The molecule has 2 fully saturated rings. The van der Waals surface area contributed by atoms with Crippen molar-refractivity contribution in [3.05, 3.63) is 113 Å². The molecule has 1 amide bonds. The van der Waals surface area contributed by atoms with Crippen molar-refractivity contribution < 1.29 is 22.7 Å². The first kappa shape index (κ1) is 40.2. The Balaban J connectivity index is 0.930. The first-order valence-electron chi connectivity index (χ1n) is 20.8. The van der Waals surface area contributed by atoms with Crippen LogP contribution in [-0.2, 0) is 21.3 Å². The molecule has 0 atom stereocenters. The van der Waals surface area contributed by atoms with Crippen molar-refractivity contribution in [3.63, 3.8) is 0 Å². The molecule has 2 saturated heterocycles. The number of benzene rings is 2. The van der Waals surface area contributed by atoms with Gasteiger partial charge in [0, 0.05) is 98.6 Å². The smallest absolute Gasteiger partial charge is 0.268 e. The molecule has 312 valence electrons. The van der Waals surface area contributed by atoms with E-state index in [1.54, 1.807) is 24.5 Å². The largest absolute Gasteiger partial charge is 0.455 e. The molecule has 3 aliphatic rings. The van der Waals surface area contributed by atoms with Gasteiger partial charge in [0.15, 0.2) is 0 Å². The molecule has 1 aliphatic carbocycles. The SMILES string of the molecule is CC1(C)CCC(CN2CCN(c3ccc(C(=O)NS(=O)(=O)c4cnc5c(ccn5CC5CCOCC5)c4)c(Oc4cnc5[nH]ccc5c4)c3)CC2)=C(c2ccc(Cl)cc2)C1. The lowest BCUT2D eigenvalue weighted by Crippen LogP contribution is -2.47. The van der Waals surface area contributed by atoms with Crippen LogP contribution in [-0.4, -0.2) is 84.7 Å². The Kier molecular flexibility index (Phi) is 11.2. The van der Waals surface area contributed by atoms with Crippen molar-refractivity contribution in [1.82, 2.24) is 29.1 Å². The number of hydrogen-bond acceptors (Lipinski definition) is 9. The number of carbonyl (C=O) groups excluding carboxylic acids is 1. The Hall–Kier alpha value is -5.21. The van der Waals surface area contributed by atoms with Crippen LogP contribution < -0.4 is 14.4 Å². The molecule has 0 unspecified atom stereocenters. The number of allylic oxidation sites excluding steroid dienone is 1. The monoisotopic (exact) mass is 847 g/mol. The van der Waals surface area contributed by atoms with Crippen LogP contribution in [0.3, 0.4) is 0 Å². The Labute approximate surface area is 355 Å². The zero-order valence-corrected chi connectivity index (χ0v) is 35.6. The van der Waals surface area contributed by atoms with E-state index in [-0.39, 0.29) is 21.6 Å². The minimum atomic E-state index is -4.29. The van der Waals surface area contributed by atoms with Gasteiger partial charge >= 0.3 is 0 Å². The highest BCUT2D eigenvalue weighted by Crippen LogP contribution is 2.43. The lowest BCUT2D eigenvalue weighted by atomic mass is 9.72. The average Bonchev–Trinajstić information content (AvgIpc) is 3.88. The van der Waals surface area contributed by atoms with Gasteiger partial charge in [0.1, 0.15) is 27.7 Å². The number of nitrogens with one attached hydrogen (secondary N) is 2. The third-order valence-electron chi connectivity index (χ3n) is 12.3. The fourth-order valence-corrected chi connectivity index (χ4v) is 9.85. The quantitative estimate of drug-likeness (QED) is 0.131. The van der Waals surface area contributed by atoms with Crippen LogP contribution in [0.25, 0.3) is 27.6 Å². The van der Waals surface area contributed by atoms with Crippen molar-refractivity contribution in [2.45, 2.75) is 57.4 Å². The molecular formula is C46H50ClN7O5S. The fourth-order valence-electron chi connectivity index (χ4n) is 8.78. The number of sulfonamides is 1. The van der Waals surface area contributed by atoms with Crippen LogP contribution in [0.5, 0.6) is 11.5 Å². The molecule has 2 aliphatic heterocycles. The van der Waals surface area contributed by atoms with E-state index in [1.165, 1.54) is 22.9 Å². The van der Waals surface area contributed by atoms with Gasteiger partial charge in [-0.1, -0.05) is 43.2 Å². The normalized spacial score (nSPS) is 18.0. The molecule has 4 aromatic heterocycles. The second-order valence-electron chi connectivity index (χ2n) is 17.1. The second kappa shape index (κ2) is 16.7. The predicted octanol–water partition coefficient (Wildman–Crippen LogP) is 8.69. The van der Waals surface area contributed by atoms with E-state index in [0.717, 1.165) is 101 Å². The van der Waals surface area contributed by atoms with Crippen LogP contribution in [0, 0.1) is 11.3 Å². The van der Waals surface area contributed by atoms with Crippen LogP contribution in [0.4, 0.5) is 5.69 Å². The Morgan fingerprint density at radius 2 is 1.77 bits per heavy atom. The summed E-state index contributed by atoms with van der Waals surface area (Å²) in [6, 6.07) is 20.7. The summed E-state index contributed by atoms with van der Waals surface area (Å²) < 4.78 is 43.7. The number of aromatic nitrogens is 4. The van der Waals surface area contributed by atoms with Crippen molar-refractivity contribution in [3.8, 4) is 11.5 Å². The van der Waals surface area contributed by atoms with Gasteiger partial charge in [-0.2, -0.15) is 0 Å². The number of carbonyl (C=O) groups is 1. The van der Waals surface area contributed by atoms with E-state index < -0.39 is 15.9 Å². The first-order chi connectivity index (χ1) is 29.0. The minimum absolute atomic E-state index is 0.0775. The van der Waals surface area contributed by atoms with Gasteiger partial charge in [-0.25, -0.2) is 23.1 Å². The molecule has 0 saturated carbocycles. The van der Waals surface area contributed by atoms with Crippen molar-refractivity contribution in [2.24, 2.45) is 11.3 Å². The van der Waals surface area contributed by atoms with Crippen LogP contribution in [0.15, 0.2) is 102 Å². The molecule has 9 rings (SSSR count). The number of hydrogen-bond donors (Lipinski definition) is 2. The van der Waals surface area contributed by atoms with Crippen molar-refractivity contribution >= 4 is 60.9 Å². The van der Waals surface area contributed by atoms with Crippen molar-refractivity contribution in [2.75, 3.05) is 50.8 Å². The highest BCUT2D eigenvalue weighted by Gasteiger charge is 2.30. The third kappa shape index (κ3) is 8.81. The number of pyridine rings is 2. The second-order valence-corrected chi connectivity index (χ2v) is 19.2. The topological polar surface area (TPSA) is 135 Å². The van der Waals surface area contributed by atoms with E-state index in [4.69, 9.17) is 21.1 Å². The van der Waals surface area contributed by atoms with Gasteiger partial charge < -0.3 is 23.9 Å². The predicted molar refractivity (Wildman–Crippen MR) is 235 cm³/mol. The zero-order chi connectivity index (χ0) is 41.4. The van der Waals surface area contributed by atoms with E-state index >= 15 is 0 Å². The van der Waals surface area contributed by atoms with Gasteiger partial charge in [0.05, 0.1) is 11.8 Å². The molecule has 6 aromatic rings. The summed E-state index contributed by atoms with van der Waals surface area (Å²) in [6.07, 6.45) is 11.8. The Morgan fingerprint density at radius 1 is 0.967 bits per heavy atom. The lowest BCUT2D eigenvalue weighted by molar-refractivity contribution is 0.0616. The molecule has 2 N–H and O–H groups in total. The van der Waals surface area contributed by atoms with Crippen molar-refractivity contribution in [1.29, 1.82) is 0 Å². The fraction of sp³-hybridized carbons (Fsp3) is 0.370. The number of fused-ring (bicyclic) bond motifs is 2. The zero-order valence-electron chi connectivity index (χ0n) is 34.0. The van der Waals surface area contributed by atoms with Gasteiger partial charge in [-0.05, 0) is 103 Å². The molecule has 0 spiro atoms. The summed E-state index contributed by atoms with van der Waals surface area (Å²) in [5.74, 6) is 0.301. The van der Waals surface area contributed by atoms with Gasteiger partial charge in [0.25, 0.3) is 15.9 Å². The summed E-state index contributed by atoms with van der Waals surface area (Å²) in [4.78, 5) is 30.7. The van der Waals surface area contributed by atoms with Crippen LogP contribution in [0.2, 0.25) is 5.02 Å². The number of nitrogens with zero attached hydrogens (tertiary/aromatic N) is 5.